The summed E-state index contributed by atoms with van der Waals surface area (Å²) in [7, 11) is 0. The Labute approximate surface area is 131 Å². The lowest BCUT2D eigenvalue weighted by Crippen LogP contribution is -1.97. The van der Waals surface area contributed by atoms with Crippen LogP contribution < -0.4 is 5.32 Å². The minimum Gasteiger partial charge on any atom is -0.353 e. The van der Waals surface area contributed by atoms with Crippen molar-refractivity contribution in [2.75, 3.05) is 5.32 Å². The summed E-state index contributed by atoms with van der Waals surface area (Å²) in [5, 5.41) is 4.57. The van der Waals surface area contributed by atoms with Gasteiger partial charge in [0.1, 0.15) is 0 Å². The number of nitrogens with one attached hydrogen (secondary N) is 1. The molecular weight excluding hydrogens is 380 g/mol. The predicted molar refractivity (Wildman–Crippen MR) is 88.6 cm³/mol. The summed E-state index contributed by atoms with van der Waals surface area (Å²) in [5.41, 5.74) is 3.02. The standard InChI is InChI=1S/C14H12Cl2IN/c1-9(17)10-5-2-3-8-13(10)18-14-11(15)6-4-7-12(14)16/h2-9,18H,1H3. The van der Waals surface area contributed by atoms with Gasteiger partial charge in [-0.3, -0.25) is 0 Å². The van der Waals surface area contributed by atoms with Crippen molar-refractivity contribution in [2.24, 2.45) is 0 Å². The Bertz CT molecular complexity index is 535. The Balaban J connectivity index is 2.40. The molecular formula is C14H12Cl2IN. The van der Waals surface area contributed by atoms with Crippen molar-refractivity contribution in [1.29, 1.82) is 0 Å². The molecule has 94 valence electrons. The van der Waals surface area contributed by atoms with E-state index in [0.29, 0.717) is 14.0 Å². The highest BCUT2D eigenvalue weighted by atomic mass is 127. The van der Waals surface area contributed by atoms with Gasteiger partial charge >= 0.3 is 0 Å². The Morgan fingerprint density at radius 1 is 1.00 bits per heavy atom. The third-order valence-electron chi connectivity index (χ3n) is 2.61. The first kappa shape index (κ1) is 14.0. The summed E-state index contributed by atoms with van der Waals surface area (Å²) in [4.78, 5) is 0. The summed E-state index contributed by atoms with van der Waals surface area (Å²) < 4.78 is 0.410. The smallest absolute Gasteiger partial charge is 0.0763 e. The molecule has 0 saturated carbocycles. The molecule has 0 saturated heterocycles. The van der Waals surface area contributed by atoms with Crippen LogP contribution in [0.5, 0.6) is 0 Å². The molecule has 0 amide bonds. The molecule has 4 heteroatoms. The second kappa shape index (κ2) is 6.13. The first-order valence-corrected chi connectivity index (χ1v) is 7.54. The molecule has 0 aliphatic rings. The second-order valence-electron chi connectivity index (χ2n) is 3.92. The normalized spacial score (nSPS) is 12.2. The summed E-state index contributed by atoms with van der Waals surface area (Å²) in [6.45, 7) is 2.15. The van der Waals surface area contributed by atoms with Gasteiger partial charge in [-0.1, -0.05) is 70.1 Å². The van der Waals surface area contributed by atoms with Gasteiger partial charge in [0.05, 0.1) is 15.7 Å². The van der Waals surface area contributed by atoms with Crippen LogP contribution in [0.1, 0.15) is 16.4 Å². The lowest BCUT2D eigenvalue weighted by Gasteiger charge is -2.15. The van der Waals surface area contributed by atoms with Crippen molar-refractivity contribution >= 4 is 57.2 Å². The zero-order valence-corrected chi connectivity index (χ0v) is 13.4. The molecule has 18 heavy (non-hydrogen) atoms. The van der Waals surface area contributed by atoms with Gasteiger partial charge in [-0.2, -0.15) is 0 Å². The number of hydrogen-bond acceptors (Lipinski definition) is 1. The fourth-order valence-electron chi connectivity index (χ4n) is 1.71. The van der Waals surface area contributed by atoms with Crippen molar-refractivity contribution in [1.82, 2.24) is 0 Å². The Morgan fingerprint density at radius 2 is 1.61 bits per heavy atom. The topological polar surface area (TPSA) is 12.0 Å². The average Bonchev–Trinajstić information content (AvgIpc) is 2.34. The number of benzene rings is 2. The van der Waals surface area contributed by atoms with Crippen LogP contribution >= 0.6 is 45.8 Å². The van der Waals surface area contributed by atoms with E-state index in [1.165, 1.54) is 5.56 Å². The number of alkyl halides is 1. The molecule has 0 radical (unpaired) electrons. The van der Waals surface area contributed by atoms with Crippen LogP contribution in [-0.4, -0.2) is 0 Å². The van der Waals surface area contributed by atoms with Gasteiger partial charge < -0.3 is 5.32 Å². The highest BCUT2D eigenvalue weighted by Crippen LogP contribution is 2.36. The molecule has 0 aromatic heterocycles. The maximum absolute atomic E-state index is 6.16. The largest absolute Gasteiger partial charge is 0.353 e. The third kappa shape index (κ3) is 3.11. The van der Waals surface area contributed by atoms with Gasteiger partial charge in [0, 0.05) is 9.61 Å². The molecule has 0 heterocycles. The molecule has 0 aliphatic carbocycles. The maximum atomic E-state index is 6.16. The summed E-state index contributed by atoms with van der Waals surface area (Å²) in [5.74, 6) is 0. The number of para-hydroxylation sites is 2. The summed E-state index contributed by atoms with van der Waals surface area (Å²) in [6, 6.07) is 13.6. The fourth-order valence-corrected chi connectivity index (χ4v) is 2.74. The number of rotatable bonds is 3. The second-order valence-corrected chi connectivity index (χ2v) is 6.61. The molecule has 2 rings (SSSR count). The fraction of sp³-hybridized carbons (Fsp3) is 0.143. The molecule has 2 aromatic carbocycles. The van der Waals surface area contributed by atoms with Crippen LogP contribution in [0.15, 0.2) is 42.5 Å². The molecule has 0 aliphatic heterocycles. The van der Waals surface area contributed by atoms with E-state index in [1.807, 2.05) is 36.4 Å². The van der Waals surface area contributed by atoms with Gasteiger partial charge in [-0.15, -0.1) is 0 Å². The monoisotopic (exact) mass is 391 g/mol. The van der Waals surface area contributed by atoms with Gasteiger partial charge in [0.15, 0.2) is 0 Å². The van der Waals surface area contributed by atoms with Crippen LogP contribution in [0.3, 0.4) is 0 Å². The predicted octanol–water partition coefficient (Wildman–Crippen LogP) is 6.23. The number of hydrogen-bond donors (Lipinski definition) is 1. The van der Waals surface area contributed by atoms with Crippen LogP contribution in [0.2, 0.25) is 10.0 Å². The molecule has 1 nitrogen and oxygen atoms in total. The minimum atomic E-state index is 0.410. The molecule has 0 fully saturated rings. The summed E-state index contributed by atoms with van der Waals surface area (Å²) in [6.07, 6.45) is 0. The van der Waals surface area contributed by atoms with E-state index in [-0.39, 0.29) is 0 Å². The molecule has 1 atom stereocenters. The van der Waals surface area contributed by atoms with E-state index in [2.05, 4.69) is 40.9 Å². The molecule has 0 spiro atoms. The van der Waals surface area contributed by atoms with Crippen molar-refractivity contribution in [2.45, 2.75) is 10.8 Å². The SMILES string of the molecule is CC(I)c1ccccc1Nc1c(Cl)cccc1Cl. The van der Waals surface area contributed by atoms with Gasteiger partial charge in [-0.05, 0) is 30.7 Å². The highest BCUT2D eigenvalue weighted by Gasteiger charge is 2.10. The molecule has 0 bridgehead atoms. The number of halogens is 3. The first-order valence-electron chi connectivity index (χ1n) is 5.53. The molecule has 1 N–H and O–H groups in total. The lowest BCUT2D eigenvalue weighted by molar-refractivity contribution is 1.15. The lowest BCUT2D eigenvalue weighted by atomic mass is 10.1. The van der Waals surface area contributed by atoms with Crippen LogP contribution in [0.25, 0.3) is 0 Å². The third-order valence-corrected chi connectivity index (χ3v) is 3.91. The zero-order valence-electron chi connectivity index (χ0n) is 9.75. The van der Waals surface area contributed by atoms with Gasteiger partial charge in [-0.25, -0.2) is 0 Å². The van der Waals surface area contributed by atoms with E-state index in [1.54, 1.807) is 0 Å². The molecule has 1 unspecified atom stereocenters. The van der Waals surface area contributed by atoms with Crippen molar-refractivity contribution in [3.63, 3.8) is 0 Å². The van der Waals surface area contributed by atoms with E-state index < -0.39 is 0 Å². The quantitative estimate of drug-likeness (QED) is 0.482. The maximum Gasteiger partial charge on any atom is 0.0763 e. The van der Waals surface area contributed by atoms with Crippen LogP contribution in [-0.2, 0) is 0 Å². The van der Waals surface area contributed by atoms with Crippen LogP contribution in [0, 0.1) is 0 Å². The summed E-state index contributed by atoms with van der Waals surface area (Å²) >= 11 is 14.7. The van der Waals surface area contributed by atoms with Crippen LogP contribution in [0.4, 0.5) is 11.4 Å². The van der Waals surface area contributed by atoms with E-state index in [4.69, 9.17) is 23.2 Å². The Morgan fingerprint density at radius 3 is 2.22 bits per heavy atom. The van der Waals surface area contributed by atoms with E-state index in [9.17, 15) is 0 Å². The minimum absolute atomic E-state index is 0.410. The Kier molecular flexibility index (Phi) is 4.76. The Hall–Kier alpha value is -0.450. The molecule has 2 aromatic rings. The highest BCUT2D eigenvalue weighted by molar-refractivity contribution is 14.1. The van der Waals surface area contributed by atoms with Gasteiger partial charge in [0.25, 0.3) is 0 Å². The van der Waals surface area contributed by atoms with Crippen molar-refractivity contribution in [3.8, 4) is 0 Å². The van der Waals surface area contributed by atoms with Crippen molar-refractivity contribution < 1.29 is 0 Å². The number of anilines is 2. The zero-order chi connectivity index (χ0) is 13.1. The average molecular weight is 392 g/mol. The van der Waals surface area contributed by atoms with Gasteiger partial charge in [0.2, 0.25) is 0 Å². The first-order chi connectivity index (χ1) is 8.59. The van der Waals surface area contributed by atoms with E-state index >= 15 is 0 Å². The van der Waals surface area contributed by atoms with Crippen molar-refractivity contribution in [3.05, 3.63) is 58.1 Å². The van der Waals surface area contributed by atoms with E-state index in [0.717, 1.165) is 11.4 Å².